The number of nitrogens with one attached hydrogen (secondary N) is 1. The summed E-state index contributed by atoms with van der Waals surface area (Å²) in [6.45, 7) is -17.0. The van der Waals surface area contributed by atoms with Gasteiger partial charge in [-0.1, -0.05) is 44.0 Å². The number of benzene rings is 2. The minimum absolute atomic E-state index is 0.0434. The molecule has 2 aromatic carbocycles. The molecule has 1 amide bonds. The molecule has 2 fully saturated rings. The van der Waals surface area contributed by atoms with Crippen molar-refractivity contribution >= 4 is 16.1 Å². The molecule has 40 heavy (non-hydrogen) atoms. The first-order valence-corrected chi connectivity index (χ1v) is 13.4. The van der Waals surface area contributed by atoms with Gasteiger partial charge in [0, 0.05) is 25.4 Å². The lowest BCUT2D eigenvalue weighted by Gasteiger charge is -2.31. The van der Waals surface area contributed by atoms with Crippen LogP contribution in [-0.2, 0) is 30.7 Å². The Balaban J connectivity index is 1.81. The predicted molar refractivity (Wildman–Crippen MR) is 144 cm³/mol. The zero-order valence-electron chi connectivity index (χ0n) is 35.8. The highest BCUT2D eigenvalue weighted by molar-refractivity contribution is 7.89. The van der Waals surface area contributed by atoms with Crippen LogP contribution >= 0.6 is 0 Å². The van der Waals surface area contributed by atoms with Gasteiger partial charge in [0.25, 0.3) is 0 Å². The Hall–Kier alpha value is -2.77. The number of fused-ring (bicyclic) bond motifs is 1. The number of carbonyl (C=O) groups is 1. The van der Waals surface area contributed by atoms with Gasteiger partial charge in [-0.3, -0.25) is 0 Å². The van der Waals surface area contributed by atoms with Crippen LogP contribution in [0.15, 0.2) is 53.4 Å². The van der Waals surface area contributed by atoms with Gasteiger partial charge in [-0.2, -0.15) is 4.31 Å². The molecule has 10 nitrogen and oxygen atoms in total. The van der Waals surface area contributed by atoms with Gasteiger partial charge in [0.1, 0.15) is 6.08 Å². The number of nitrogens with zero attached hydrogens (tertiary/aromatic N) is 1. The Morgan fingerprint density at radius 2 is 2.15 bits per heavy atom. The normalized spacial score (nSPS) is 32.4. The van der Waals surface area contributed by atoms with Crippen LogP contribution in [0, 0.1) is 17.6 Å². The number of methoxy groups -OCH3 is 1. The first-order valence-electron chi connectivity index (χ1n) is 19.4. The van der Waals surface area contributed by atoms with E-state index in [-0.39, 0.29) is 19.1 Å². The minimum atomic E-state index is -5.74. The quantitative estimate of drug-likeness (QED) is 0.384. The third-order valence-corrected chi connectivity index (χ3v) is 7.78. The molecule has 0 spiro atoms. The second-order valence-corrected chi connectivity index (χ2v) is 10.7. The lowest BCUT2D eigenvalue weighted by atomic mass is 10.0. The molecular weight excluding hydrogens is 543 g/mol. The summed E-state index contributed by atoms with van der Waals surface area (Å²) in [5.74, 6) is -8.03. The molecule has 2 saturated heterocycles. The number of sulfonamides is 1. The molecule has 220 valence electrons. The van der Waals surface area contributed by atoms with Crippen molar-refractivity contribution in [1.29, 1.82) is 0 Å². The molecule has 2 aromatic rings. The first kappa shape index (κ1) is 16.0. The topological polar surface area (TPSA) is 124 Å². The lowest BCUT2D eigenvalue weighted by Crippen LogP contribution is -2.51. The maximum Gasteiger partial charge on any atom is 0.407 e. The van der Waals surface area contributed by atoms with E-state index in [2.05, 4.69) is 10.1 Å². The SMILES string of the molecule is [2H]C([2H])([2H])Oc1ccc(S(=O)(=O)N(C[C@@H](O)[C@H](Cc2ccccc2)NC(=O)O[C@]2([2H])[C@@H]3CCO[C@@H]3OC2([2H])[2H])C([2H])([2H])C([2H])(C([2H])([2H])[2H])C([2H])([2H])[2H])cc1F. The van der Waals surface area contributed by atoms with Gasteiger partial charge in [-0.25, -0.2) is 17.6 Å². The van der Waals surface area contributed by atoms with E-state index >= 15 is 4.39 Å². The van der Waals surface area contributed by atoms with Gasteiger partial charge in [0.2, 0.25) is 10.0 Å². The molecule has 0 aliphatic carbocycles. The second-order valence-electron chi connectivity index (χ2n) is 8.83. The van der Waals surface area contributed by atoms with E-state index in [1.807, 2.05) is 0 Å². The monoisotopic (exact) mass is 595 g/mol. The molecule has 2 heterocycles. The van der Waals surface area contributed by atoms with E-state index in [4.69, 9.17) is 34.8 Å². The van der Waals surface area contributed by atoms with Gasteiger partial charge < -0.3 is 29.4 Å². The van der Waals surface area contributed by atoms with Crippen molar-refractivity contribution in [2.45, 2.75) is 56.0 Å². The second kappa shape index (κ2) is 13.3. The fraction of sp³-hybridized carbons (Fsp3) is 0.536. The number of carbonyl (C=O) groups excluding carboxylic acids is 1. The molecule has 5 atom stereocenters. The van der Waals surface area contributed by atoms with Crippen molar-refractivity contribution in [3.05, 3.63) is 59.9 Å². The largest absolute Gasteiger partial charge is 0.494 e. The molecule has 2 aliphatic rings. The fourth-order valence-corrected chi connectivity index (χ4v) is 5.44. The minimum Gasteiger partial charge on any atom is -0.494 e. The molecular formula is C28H37FN2O8S. The number of aliphatic hydroxyl groups excluding tert-OH is 1. The maximum atomic E-state index is 15.1. The van der Waals surface area contributed by atoms with Crippen molar-refractivity contribution in [3.8, 4) is 5.75 Å². The van der Waals surface area contributed by atoms with Gasteiger partial charge >= 0.3 is 6.09 Å². The van der Waals surface area contributed by atoms with Gasteiger partial charge in [0.05, 0.1) is 51.4 Å². The summed E-state index contributed by atoms with van der Waals surface area (Å²) in [7, 11) is -8.95. The van der Waals surface area contributed by atoms with E-state index in [1.165, 1.54) is 24.3 Å². The number of hydrogen-bond acceptors (Lipinski definition) is 8. The van der Waals surface area contributed by atoms with Crippen LogP contribution < -0.4 is 10.1 Å². The zero-order chi connectivity index (χ0) is 41.8. The van der Waals surface area contributed by atoms with Gasteiger partial charge in [-0.15, -0.1) is 0 Å². The van der Waals surface area contributed by atoms with E-state index in [9.17, 15) is 18.3 Å². The van der Waals surface area contributed by atoms with Crippen molar-refractivity contribution in [2.75, 3.05) is 33.2 Å². The number of rotatable bonds is 12. The van der Waals surface area contributed by atoms with Crippen molar-refractivity contribution in [3.63, 3.8) is 0 Å². The molecule has 0 bridgehead atoms. The Bertz CT molecular complexity index is 1800. The molecule has 0 unspecified atom stereocenters. The summed E-state index contributed by atoms with van der Waals surface area (Å²) in [5.41, 5.74) is 0.334. The summed E-state index contributed by atoms with van der Waals surface area (Å²) >= 11 is 0. The average molecular weight is 596 g/mol. The highest BCUT2D eigenvalue weighted by Crippen LogP contribution is 2.33. The van der Waals surface area contributed by atoms with Crippen LogP contribution in [0.3, 0.4) is 0 Å². The van der Waals surface area contributed by atoms with E-state index in [0.717, 1.165) is 0 Å². The molecule has 12 heteroatoms. The molecule has 2 N–H and O–H groups in total. The highest BCUT2D eigenvalue weighted by atomic mass is 32.2. The van der Waals surface area contributed by atoms with E-state index < -0.39 is 120 Å². The van der Waals surface area contributed by atoms with E-state index in [1.54, 1.807) is 6.07 Å². The first-order chi connectivity index (χ1) is 24.9. The van der Waals surface area contributed by atoms with Crippen LogP contribution in [0.4, 0.5) is 9.18 Å². The summed E-state index contributed by atoms with van der Waals surface area (Å²) in [6, 6.07) is 7.06. The Morgan fingerprint density at radius 3 is 2.88 bits per heavy atom. The molecule has 4 rings (SSSR count). The van der Waals surface area contributed by atoms with Crippen molar-refractivity contribution < 1.29 is 62.2 Å². The van der Waals surface area contributed by atoms with Crippen LogP contribution in [0.2, 0.25) is 0 Å². The maximum absolute atomic E-state index is 15.1. The molecule has 0 saturated carbocycles. The number of ether oxygens (including phenoxy) is 4. The number of halogens is 1. The predicted octanol–water partition coefficient (Wildman–Crippen LogP) is 2.94. The highest BCUT2D eigenvalue weighted by Gasteiger charge is 2.44. The Kier molecular flexibility index (Phi) is 5.31. The fourth-order valence-electron chi connectivity index (χ4n) is 4.13. The zero-order valence-corrected chi connectivity index (χ0v) is 21.6. The number of hydrogen-bond donors (Lipinski definition) is 2. The summed E-state index contributed by atoms with van der Waals surface area (Å²) in [6.07, 6.45) is -8.26. The van der Waals surface area contributed by atoms with Crippen LogP contribution in [0.25, 0.3) is 0 Å². The van der Waals surface area contributed by atoms with Gasteiger partial charge in [0.15, 0.2) is 17.9 Å². The summed E-state index contributed by atoms with van der Waals surface area (Å²) < 4.78 is 183. The molecule has 0 aromatic heterocycles. The Morgan fingerprint density at radius 1 is 1.35 bits per heavy atom. The van der Waals surface area contributed by atoms with Crippen LogP contribution in [-0.4, -0.2) is 81.7 Å². The van der Waals surface area contributed by atoms with Gasteiger partial charge in [-0.05, 0) is 42.5 Å². The van der Waals surface area contributed by atoms with Crippen LogP contribution in [0.5, 0.6) is 5.75 Å². The third kappa shape index (κ3) is 7.29. The van der Waals surface area contributed by atoms with Crippen molar-refractivity contribution in [1.82, 2.24) is 9.62 Å². The van der Waals surface area contributed by atoms with Crippen molar-refractivity contribution in [2.24, 2.45) is 11.8 Å². The summed E-state index contributed by atoms with van der Waals surface area (Å²) in [5, 5.41) is 13.8. The van der Waals surface area contributed by atoms with E-state index in [0.29, 0.717) is 17.7 Å². The lowest BCUT2D eigenvalue weighted by molar-refractivity contribution is -0.0907. The average Bonchev–Trinajstić information content (AvgIpc) is 3.56. The standard InChI is InChI=1S/C28H37FN2O8S/c1-18(2)15-31(40(34,35)20-9-10-25(36-3)22(29)14-20)16-24(32)23(13-19-7-5-4-6-8-19)30-28(33)39-26-17-38-27-21(26)11-12-37-27/h4-10,14,18,21,23-24,26-27,32H,11-13,15-17H2,1-3H3,(H,30,33)/t21-,23-,24+,26-,27+/m0/s1/i1D3,2D3,3D3,15D2,17D2,18D,26D. The summed E-state index contributed by atoms with van der Waals surface area (Å²) in [4.78, 5) is 12.1. The Labute approximate surface area is 255 Å². The number of alkyl carbamates (subject to hydrolysis) is 1. The molecule has 2 aliphatic heterocycles. The third-order valence-electron chi connectivity index (χ3n) is 6.11. The number of aliphatic hydroxyl groups is 1. The smallest absolute Gasteiger partial charge is 0.407 e. The van der Waals surface area contributed by atoms with Crippen LogP contribution in [0.1, 0.15) is 46.2 Å². The molecule has 0 radical (unpaired) electrons. The number of amides is 1.